The van der Waals surface area contributed by atoms with Gasteiger partial charge in [0.05, 0.1) is 16.3 Å². The molecular weight excluding hydrogens is 390 g/mol. The molecule has 8 heteroatoms. The molecule has 2 saturated heterocycles. The molecule has 1 atom stereocenters. The van der Waals surface area contributed by atoms with E-state index in [-0.39, 0.29) is 17.4 Å². The number of hydrogen-bond donors (Lipinski definition) is 2. The molecule has 1 unspecified atom stereocenters. The topological polar surface area (TPSA) is 81.3 Å². The summed E-state index contributed by atoms with van der Waals surface area (Å²) in [6.07, 6.45) is 1.24. The smallest absolute Gasteiger partial charge is 0.271 e. The van der Waals surface area contributed by atoms with Crippen LogP contribution < -0.4 is 5.32 Å². The second-order valence-electron chi connectivity index (χ2n) is 8.27. The molecule has 0 saturated carbocycles. The van der Waals surface area contributed by atoms with Crippen LogP contribution in [0.5, 0.6) is 0 Å². The summed E-state index contributed by atoms with van der Waals surface area (Å²) < 4.78 is 0. The van der Waals surface area contributed by atoms with Crippen molar-refractivity contribution in [2.24, 2.45) is 0 Å². The third kappa shape index (κ3) is 4.02. The highest BCUT2D eigenvalue weighted by Crippen LogP contribution is 2.29. The van der Waals surface area contributed by atoms with Crippen LogP contribution in [0.25, 0.3) is 11.3 Å². The Hall–Kier alpha value is -2.38. The van der Waals surface area contributed by atoms with E-state index in [1.165, 1.54) is 0 Å². The van der Waals surface area contributed by atoms with Crippen molar-refractivity contribution in [1.29, 1.82) is 0 Å². The summed E-state index contributed by atoms with van der Waals surface area (Å²) in [5.41, 5.74) is 1.46. The molecule has 7 nitrogen and oxygen atoms in total. The highest BCUT2D eigenvalue weighted by atomic mass is 35.5. The highest BCUT2D eigenvalue weighted by Gasteiger charge is 2.44. The molecular formula is C21H26ClN5O2. The van der Waals surface area contributed by atoms with E-state index in [2.05, 4.69) is 34.3 Å². The average Bonchev–Trinajstić information content (AvgIpc) is 3.28. The fourth-order valence-electron chi connectivity index (χ4n) is 4.24. The number of nitrogens with one attached hydrogen (secondary N) is 2. The van der Waals surface area contributed by atoms with E-state index in [9.17, 15) is 9.59 Å². The van der Waals surface area contributed by atoms with Crippen molar-refractivity contribution in [3.8, 4) is 11.3 Å². The fraction of sp³-hybridized carbons (Fsp3) is 0.476. The Morgan fingerprint density at radius 2 is 2.03 bits per heavy atom. The zero-order chi connectivity index (χ0) is 20.6. The third-order valence-electron chi connectivity index (χ3n) is 5.87. The normalized spacial score (nSPS) is 22.9. The van der Waals surface area contributed by atoms with Crippen LogP contribution in [0.15, 0.2) is 30.3 Å². The second kappa shape index (κ2) is 7.80. The van der Waals surface area contributed by atoms with Gasteiger partial charge in [0.1, 0.15) is 5.69 Å². The standard InChI is InChI=1S/C21H26ClN5O2/c1-14(2)26-9-7-19(28)23-21(12-26)8-10-27(13-21)20(29)18-11-17(24-25-18)15-5-3-4-6-16(15)22/h3-6,11,14H,7-10,12-13H2,1-2H3,(H,23,28)(H,24,25). The van der Waals surface area contributed by atoms with Crippen LogP contribution in [0.3, 0.4) is 0 Å². The van der Waals surface area contributed by atoms with E-state index in [1.807, 2.05) is 18.2 Å². The maximum Gasteiger partial charge on any atom is 0.271 e. The lowest BCUT2D eigenvalue weighted by atomic mass is 9.97. The SMILES string of the molecule is CC(C)N1CCC(=O)NC2(CCN(C(=O)c3cc(-c4ccccc4Cl)n[nH]3)C2)C1. The van der Waals surface area contributed by atoms with Gasteiger partial charge in [-0.3, -0.25) is 19.6 Å². The monoisotopic (exact) mass is 415 g/mol. The van der Waals surface area contributed by atoms with Gasteiger partial charge in [0.25, 0.3) is 5.91 Å². The van der Waals surface area contributed by atoms with Crippen LogP contribution in [-0.2, 0) is 4.79 Å². The summed E-state index contributed by atoms with van der Waals surface area (Å²) in [5, 5.41) is 10.9. The molecule has 2 aliphatic heterocycles. The Bertz CT molecular complexity index is 927. The molecule has 1 aromatic heterocycles. The van der Waals surface area contributed by atoms with Gasteiger partial charge in [0.2, 0.25) is 5.91 Å². The molecule has 1 spiro atoms. The number of carbonyl (C=O) groups excluding carboxylic acids is 2. The van der Waals surface area contributed by atoms with Crippen molar-refractivity contribution in [1.82, 2.24) is 25.3 Å². The van der Waals surface area contributed by atoms with Gasteiger partial charge in [-0.25, -0.2) is 0 Å². The largest absolute Gasteiger partial charge is 0.347 e. The van der Waals surface area contributed by atoms with Crippen LogP contribution in [0.1, 0.15) is 37.2 Å². The van der Waals surface area contributed by atoms with Crippen molar-refractivity contribution >= 4 is 23.4 Å². The first-order chi connectivity index (χ1) is 13.9. The second-order valence-corrected chi connectivity index (χ2v) is 8.67. The van der Waals surface area contributed by atoms with Crippen molar-refractivity contribution in [3.05, 3.63) is 41.0 Å². The molecule has 1 aromatic carbocycles. The van der Waals surface area contributed by atoms with E-state index in [0.717, 1.165) is 25.1 Å². The first kappa shape index (κ1) is 19.9. The summed E-state index contributed by atoms with van der Waals surface area (Å²) in [4.78, 5) is 29.5. The van der Waals surface area contributed by atoms with Gasteiger partial charge in [-0.05, 0) is 32.4 Å². The fourth-order valence-corrected chi connectivity index (χ4v) is 4.47. The van der Waals surface area contributed by atoms with Crippen LogP contribution in [0.4, 0.5) is 0 Å². The number of hydrogen-bond acceptors (Lipinski definition) is 4. The highest BCUT2D eigenvalue weighted by molar-refractivity contribution is 6.33. The maximum atomic E-state index is 13.1. The molecule has 2 aromatic rings. The lowest BCUT2D eigenvalue weighted by Crippen LogP contribution is -2.55. The molecule has 0 bridgehead atoms. The molecule has 29 heavy (non-hydrogen) atoms. The third-order valence-corrected chi connectivity index (χ3v) is 6.20. The molecule has 0 aliphatic carbocycles. The number of H-pyrrole nitrogens is 1. The molecule has 4 rings (SSSR count). The quantitative estimate of drug-likeness (QED) is 0.807. The van der Waals surface area contributed by atoms with Crippen molar-refractivity contribution in [2.75, 3.05) is 26.2 Å². The number of likely N-dealkylation sites (tertiary alicyclic amines) is 1. The molecule has 2 N–H and O–H groups in total. The number of aromatic nitrogens is 2. The minimum atomic E-state index is -0.390. The van der Waals surface area contributed by atoms with Crippen LogP contribution in [-0.4, -0.2) is 69.6 Å². The number of benzene rings is 1. The number of nitrogens with zero attached hydrogens (tertiary/aromatic N) is 3. The lowest BCUT2D eigenvalue weighted by Gasteiger charge is -2.34. The summed E-state index contributed by atoms with van der Waals surface area (Å²) in [7, 11) is 0. The van der Waals surface area contributed by atoms with Gasteiger partial charge < -0.3 is 10.2 Å². The van der Waals surface area contributed by atoms with Gasteiger partial charge in [-0.1, -0.05) is 29.8 Å². The number of halogens is 1. The Labute approximate surface area is 175 Å². The lowest BCUT2D eigenvalue weighted by molar-refractivity contribution is -0.122. The van der Waals surface area contributed by atoms with Crippen molar-refractivity contribution in [3.63, 3.8) is 0 Å². The minimum Gasteiger partial charge on any atom is -0.347 e. The first-order valence-electron chi connectivity index (χ1n) is 10.0. The Kier molecular flexibility index (Phi) is 5.36. The summed E-state index contributed by atoms with van der Waals surface area (Å²) in [5.74, 6) is -0.0488. The van der Waals surface area contributed by atoms with Crippen LogP contribution >= 0.6 is 11.6 Å². The Morgan fingerprint density at radius 3 is 2.79 bits per heavy atom. The first-order valence-corrected chi connectivity index (χ1v) is 10.4. The van der Waals surface area contributed by atoms with Gasteiger partial charge in [0.15, 0.2) is 0 Å². The molecule has 2 aliphatic rings. The predicted molar refractivity (Wildman–Crippen MR) is 112 cm³/mol. The zero-order valence-electron chi connectivity index (χ0n) is 16.7. The summed E-state index contributed by atoms with van der Waals surface area (Å²) in [6, 6.07) is 9.51. The van der Waals surface area contributed by atoms with Crippen molar-refractivity contribution < 1.29 is 9.59 Å². The van der Waals surface area contributed by atoms with E-state index < -0.39 is 0 Å². The molecule has 154 valence electrons. The maximum absolute atomic E-state index is 13.1. The molecule has 0 radical (unpaired) electrons. The molecule has 3 heterocycles. The number of carbonyl (C=O) groups is 2. The Balaban J connectivity index is 1.51. The minimum absolute atomic E-state index is 0.0602. The van der Waals surface area contributed by atoms with E-state index in [1.54, 1.807) is 17.0 Å². The average molecular weight is 416 g/mol. The van der Waals surface area contributed by atoms with Gasteiger partial charge in [-0.15, -0.1) is 0 Å². The number of amides is 2. The zero-order valence-corrected chi connectivity index (χ0v) is 17.5. The van der Waals surface area contributed by atoms with Gasteiger partial charge in [0, 0.05) is 44.2 Å². The molecule has 2 fully saturated rings. The Morgan fingerprint density at radius 1 is 1.24 bits per heavy atom. The van der Waals surface area contributed by atoms with Gasteiger partial charge in [-0.2, -0.15) is 5.10 Å². The number of aromatic amines is 1. The van der Waals surface area contributed by atoms with E-state index in [0.29, 0.717) is 42.0 Å². The van der Waals surface area contributed by atoms with Crippen molar-refractivity contribution in [2.45, 2.75) is 38.3 Å². The van der Waals surface area contributed by atoms with Crippen LogP contribution in [0.2, 0.25) is 5.02 Å². The van der Waals surface area contributed by atoms with Crippen LogP contribution in [0, 0.1) is 0 Å². The molecule has 2 amide bonds. The summed E-state index contributed by atoms with van der Waals surface area (Å²) in [6.45, 7) is 6.89. The van der Waals surface area contributed by atoms with E-state index in [4.69, 9.17) is 11.6 Å². The van der Waals surface area contributed by atoms with E-state index >= 15 is 0 Å². The summed E-state index contributed by atoms with van der Waals surface area (Å²) >= 11 is 6.25. The van der Waals surface area contributed by atoms with Gasteiger partial charge >= 0.3 is 0 Å². The predicted octanol–water partition coefficient (Wildman–Crippen LogP) is 2.55. The number of rotatable bonds is 3.